The smallest absolute Gasteiger partial charge is 0.154 e. The average molecular weight is 311 g/mol. The van der Waals surface area contributed by atoms with E-state index >= 15 is 0 Å². The van der Waals surface area contributed by atoms with Gasteiger partial charge in [0, 0.05) is 13.1 Å². The molecule has 0 aromatic heterocycles. The van der Waals surface area contributed by atoms with Gasteiger partial charge in [0.2, 0.25) is 0 Å². The van der Waals surface area contributed by atoms with Crippen LogP contribution in [0.2, 0.25) is 0 Å². The van der Waals surface area contributed by atoms with Gasteiger partial charge >= 0.3 is 0 Å². The molecule has 21 heavy (non-hydrogen) atoms. The minimum Gasteiger partial charge on any atom is -0.409 e. The Hall–Kier alpha value is -1.60. The molecule has 0 saturated carbocycles. The number of benzene rings is 1. The largest absolute Gasteiger partial charge is 0.409 e. The van der Waals surface area contributed by atoms with E-state index in [1.165, 1.54) is 0 Å². The summed E-state index contributed by atoms with van der Waals surface area (Å²) in [5, 5.41) is 14.8. The Morgan fingerprint density at radius 1 is 1.43 bits per heavy atom. The Morgan fingerprint density at radius 2 is 2.14 bits per heavy atom. The molecule has 1 saturated heterocycles. The van der Waals surface area contributed by atoms with Crippen molar-refractivity contribution in [2.75, 3.05) is 18.8 Å². The van der Waals surface area contributed by atoms with Crippen LogP contribution in [0.3, 0.4) is 0 Å². The van der Waals surface area contributed by atoms with Crippen molar-refractivity contribution < 1.29 is 13.6 Å². The molecule has 2 unspecified atom stereocenters. The molecule has 0 amide bonds. The summed E-state index contributed by atoms with van der Waals surface area (Å²) < 4.78 is 23.5. The van der Waals surface area contributed by atoms with Crippen molar-refractivity contribution in [3.05, 3.63) is 35.9 Å². The summed E-state index contributed by atoms with van der Waals surface area (Å²) >= 11 is 0. The summed E-state index contributed by atoms with van der Waals surface area (Å²) in [6.07, 6.45) is 1.44. The second-order valence-electron chi connectivity index (χ2n) is 5.28. The van der Waals surface area contributed by atoms with Crippen molar-refractivity contribution in [2.45, 2.75) is 24.0 Å². The van der Waals surface area contributed by atoms with Gasteiger partial charge in [-0.2, -0.15) is 0 Å². The second kappa shape index (κ2) is 6.91. The lowest BCUT2D eigenvalue weighted by Gasteiger charge is -2.18. The maximum Gasteiger partial charge on any atom is 0.154 e. The molecule has 1 aromatic carbocycles. The van der Waals surface area contributed by atoms with E-state index in [9.17, 15) is 8.42 Å². The first kappa shape index (κ1) is 15.8. The molecule has 7 heteroatoms. The molecule has 116 valence electrons. The maximum absolute atomic E-state index is 11.8. The molecule has 1 aliphatic heterocycles. The third-order valence-electron chi connectivity index (χ3n) is 3.86. The highest BCUT2D eigenvalue weighted by Gasteiger charge is 2.31. The van der Waals surface area contributed by atoms with E-state index in [1.54, 1.807) is 0 Å². The van der Waals surface area contributed by atoms with E-state index in [4.69, 9.17) is 10.9 Å². The van der Waals surface area contributed by atoms with Crippen LogP contribution in [0.4, 0.5) is 0 Å². The highest BCUT2D eigenvalue weighted by molar-refractivity contribution is 7.92. The van der Waals surface area contributed by atoms with Gasteiger partial charge in [-0.1, -0.05) is 35.5 Å². The molecule has 0 radical (unpaired) electrons. The van der Waals surface area contributed by atoms with E-state index < -0.39 is 9.84 Å². The number of amidine groups is 1. The van der Waals surface area contributed by atoms with Gasteiger partial charge in [-0.3, -0.25) is 0 Å². The number of hydrogen-bond acceptors (Lipinski definition) is 5. The first-order valence-corrected chi connectivity index (χ1v) is 8.71. The van der Waals surface area contributed by atoms with Crippen LogP contribution in [-0.4, -0.2) is 43.6 Å². The topological polar surface area (TPSA) is 105 Å². The highest BCUT2D eigenvalue weighted by atomic mass is 32.2. The predicted octanol–water partition coefficient (Wildman–Crippen LogP) is 0.683. The monoisotopic (exact) mass is 311 g/mol. The van der Waals surface area contributed by atoms with E-state index in [0.717, 1.165) is 12.0 Å². The summed E-state index contributed by atoms with van der Waals surface area (Å²) in [5.74, 6) is 0.116. The third kappa shape index (κ3) is 3.95. The minimum absolute atomic E-state index is 0.114. The minimum atomic E-state index is -2.95. The molecular weight excluding hydrogens is 290 g/mol. The molecule has 2 atom stereocenters. The Bertz CT molecular complexity index is 587. The van der Waals surface area contributed by atoms with Crippen LogP contribution in [0.15, 0.2) is 35.5 Å². The summed E-state index contributed by atoms with van der Waals surface area (Å²) in [7, 11) is -2.95. The zero-order valence-electron chi connectivity index (χ0n) is 11.8. The molecular formula is C14H21N3O3S. The lowest BCUT2D eigenvalue weighted by atomic mass is 9.98. The Morgan fingerprint density at radius 3 is 2.71 bits per heavy atom. The molecule has 4 N–H and O–H groups in total. The van der Waals surface area contributed by atoms with Gasteiger partial charge in [-0.05, 0) is 18.4 Å². The fraction of sp³-hybridized carbons (Fsp3) is 0.500. The number of rotatable bonds is 6. The zero-order valence-corrected chi connectivity index (χ0v) is 12.6. The summed E-state index contributed by atoms with van der Waals surface area (Å²) in [4.78, 5) is 0. The molecule has 0 bridgehead atoms. The van der Waals surface area contributed by atoms with Crippen LogP contribution in [0.25, 0.3) is 0 Å². The summed E-state index contributed by atoms with van der Waals surface area (Å²) in [5.41, 5.74) is 6.66. The molecule has 6 nitrogen and oxygen atoms in total. The Labute approximate surface area is 125 Å². The Balaban J connectivity index is 1.98. The fourth-order valence-electron chi connectivity index (χ4n) is 2.62. The molecule has 2 rings (SSSR count). The van der Waals surface area contributed by atoms with Crippen molar-refractivity contribution in [1.29, 1.82) is 0 Å². The van der Waals surface area contributed by atoms with E-state index in [-0.39, 0.29) is 22.8 Å². The average Bonchev–Trinajstić information content (AvgIpc) is 2.82. The predicted molar refractivity (Wildman–Crippen MR) is 82.3 cm³/mol. The normalized spacial score (nSPS) is 23.0. The van der Waals surface area contributed by atoms with Gasteiger partial charge in [0.1, 0.15) is 5.84 Å². The lowest BCUT2D eigenvalue weighted by molar-refractivity contribution is 0.315. The Kier molecular flexibility index (Phi) is 5.19. The van der Waals surface area contributed by atoms with Crippen molar-refractivity contribution in [3.63, 3.8) is 0 Å². The number of hydrogen-bond donors (Lipinski definition) is 3. The first-order valence-electron chi connectivity index (χ1n) is 6.99. The second-order valence-corrected chi connectivity index (χ2v) is 7.68. The molecule has 1 aromatic rings. The number of nitrogens with two attached hydrogens (primary N) is 1. The van der Waals surface area contributed by atoms with Crippen molar-refractivity contribution in [1.82, 2.24) is 5.32 Å². The summed E-state index contributed by atoms with van der Waals surface area (Å²) in [6, 6.07) is 9.46. The van der Waals surface area contributed by atoms with Crippen LogP contribution in [0.1, 0.15) is 24.3 Å². The zero-order chi connectivity index (χ0) is 15.3. The van der Waals surface area contributed by atoms with Crippen LogP contribution in [0, 0.1) is 0 Å². The molecule has 0 spiro atoms. The number of oxime groups is 1. The number of nitrogens with one attached hydrogen (secondary N) is 1. The van der Waals surface area contributed by atoms with Gasteiger partial charge < -0.3 is 16.3 Å². The quantitative estimate of drug-likeness (QED) is 0.310. The van der Waals surface area contributed by atoms with Crippen LogP contribution >= 0.6 is 0 Å². The van der Waals surface area contributed by atoms with Crippen molar-refractivity contribution in [3.8, 4) is 0 Å². The molecule has 0 aliphatic carbocycles. The van der Waals surface area contributed by atoms with Gasteiger partial charge in [0.15, 0.2) is 9.84 Å². The van der Waals surface area contributed by atoms with E-state index in [1.807, 2.05) is 30.3 Å². The van der Waals surface area contributed by atoms with E-state index in [2.05, 4.69) is 10.5 Å². The van der Waals surface area contributed by atoms with Crippen LogP contribution < -0.4 is 11.1 Å². The number of sulfone groups is 1. The van der Waals surface area contributed by atoms with Gasteiger partial charge in [-0.15, -0.1) is 0 Å². The van der Waals surface area contributed by atoms with Crippen LogP contribution in [0.5, 0.6) is 0 Å². The lowest BCUT2D eigenvalue weighted by Crippen LogP contribution is -2.36. The highest BCUT2D eigenvalue weighted by Crippen LogP contribution is 2.20. The third-order valence-corrected chi connectivity index (χ3v) is 6.13. The number of nitrogens with zero attached hydrogens (tertiary/aromatic N) is 1. The standard InChI is InChI=1S/C14H21N3O3S/c15-14(17-18)13(11-5-2-1-3-6-11)10-16-9-12-7-4-8-21(12,19)20/h1-3,5-6,12-13,16,18H,4,7-10H2,(H2,15,17). The van der Waals surface area contributed by atoms with Gasteiger partial charge in [0.05, 0.1) is 16.9 Å². The van der Waals surface area contributed by atoms with Crippen molar-refractivity contribution in [2.24, 2.45) is 10.9 Å². The first-order chi connectivity index (χ1) is 10.0. The van der Waals surface area contributed by atoms with Gasteiger partial charge in [-0.25, -0.2) is 8.42 Å². The van der Waals surface area contributed by atoms with Gasteiger partial charge in [0.25, 0.3) is 0 Å². The van der Waals surface area contributed by atoms with Crippen LogP contribution in [-0.2, 0) is 9.84 Å². The summed E-state index contributed by atoms with van der Waals surface area (Å²) in [6.45, 7) is 0.844. The fourth-order valence-corrected chi connectivity index (χ4v) is 4.42. The molecule has 1 heterocycles. The molecule has 1 aliphatic rings. The SMILES string of the molecule is N/C(=N/O)C(CNCC1CCCS1(=O)=O)c1ccccc1. The molecule has 1 fully saturated rings. The van der Waals surface area contributed by atoms with Crippen molar-refractivity contribution >= 4 is 15.7 Å². The maximum atomic E-state index is 11.8. The van der Waals surface area contributed by atoms with E-state index in [0.29, 0.717) is 19.5 Å².